The number of nitrogens with zero attached hydrogens (tertiary/aromatic N) is 3. The summed E-state index contributed by atoms with van der Waals surface area (Å²) in [5, 5.41) is 9.36. The molecule has 0 aliphatic carbocycles. The van der Waals surface area contributed by atoms with Crippen molar-refractivity contribution in [1.29, 1.82) is 0 Å². The number of amides is 1. The van der Waals surface area contributed by atoms with Crippen molar-refractivity contribution in [1.82, 2.24) is 9.97 Å². The van der Waals surface area contributed by atoms with E-state index in [1.54, 1.807) is 6.33 Å². The third-order valence-corrected chi connectivity index (χ3v) is 5.07. The number of nitrogens with two attached hydrogens (primary N) is 1. The van der Waals surface area contributed by atoms with Gasteiger partial charge < -0.3 is 25.5 Å². The third kappa shape index (κ3) is 3.16. The molecule has 1 aromatic carbocycles. The first-order valence-corrected chi connectivity index (χ1v) is 9.30. The maximum absolute atomic E-state index is 12.2. The number of carbonyl (C=O) groups excluding carboxylic acids is 1. The second-order valence-corrected chi connectivity index (χ2v) is 6.88. The lowest BCUT2D eigenvalue weighted by Crippen LogP contribution is -2.25. The van der Waals surface area contributed by atoms with Gasteiger partial charge in [-0.1, -0.05) is 6.08 Å². The number of anilines is 1. The molecule has 0 saturated carbocycles. The molecule has 8 nitrogen and oxygen atoms in total. The number of carbonyl (C=O) groups is 1. The van der Waals surface area contributed by atoms with E-state index in [2.05, 4.69) is 21.0 Å². The molecule has 3 heterocycles. The average Bonchev–Trinajstić information content (AvgIpc) is 3.06. The van der Waals surface area contributed by atoms with Gasteiger partial charge in [0.05, 0.1) is 48.4 Å². The molecule has 0 unspecified atom stereocenters. The molecule has 0 radical (unpaired) electrons. The number of fused-ring (bicyclic) bond motifs is 2. The Morgan fingerprint density at radius 1 is 1.46 bits per heavy atom. The highest BCUT2D eigenvalue weighted by Gasteiger charge is 2.23. The van der Waals surface area contributed by atoms with Crippen molar-refractivity contribution >= 4 is 34.1 Å². The van der Waals surface area contributed by atoms with Gasteiger partial charge in [0.15, 0.2) is 0 Å². The number of benzene rings is 1. The lowest BCUT2D eigenvalue weighted by molar-refractivity contribution is 0.100. The second kappa shape index (κ2) is 7.47. The van der Waals surface area contributed by atoms with E-state index in [4.69, 9.17) is 10.5 Å². The summed E-state index contributed by atoms with van der Waals surface area (Å²) >= 11 is 0. The Bertz CT molecular complexity index is 1020. The first-order chi connectivity index (χ1) is 13.6. The summed E-state index contributed by atoms with van der Waals surface area (Å²) in [6.45, 7) is 1.54. The monoisotopic (exact) mass is 381 g/mol. The Kier molecular flexibility index (Phi) is 4.87. The van der Waals surface area contributed by atoms with E-state index >= 15 is 0 Å². The van der Waals surface area contributed by atoms with E-state index in [9.17, 15) is 9.90 Å². The topological polar surface area (TPSA) is 117 Å². The van der Waals surface area contributed by atoms with Crippen LogP contribution >= 0.6 is 0 Å². The molecule has 1 fully saturated rings. The largest absolute Gasteiger partial charge is 0.478 e. The molecular weight excluding hydrogens is 358 g/mol. The number of aliphatic hydroxyl groups is 1. The van der Waals surface area contributed by atoms with Crippen LogP contribution in [0, 0.1) is 0 Å². The number of nitrogens with one attached hydrogen (secondary N) is 1. The van der Waals surface area contributed by atoms with Gasteiger partial charge in [0, 0.05) is 24.7 Å². The predicted octanol–water partition coefficient (Wildman–Crippen LogP) is 1.62. The number of primary amides is 1. The van der Waals surface area contributed by atoms with Crippen LogP contribution < -0.4 is 10.6 Å². The van der Waals surface area contributed by atoms with Crippen LogP contribution in [-0.4, -0.2) is 60.2 Å². The average molecular weight is 381 g/mol. The van der Waals surface area contributed by atoms with Crippen LogP contribution in [0.15, 0.2) is 35.1 Å². The summed E-state index contributed by atoms with van der Waals surface area (Å²) in [5.74, 6) is 0.169. The van der Waals surface area contributed by atoms with E-state index < -0.39 is 5.91 Å². The van der Waals surface area contributed by atoms with Crippen molar-refractivity contribution in [3.05, 3.63) is 41.2 Å². The van der Waals surface area contributed by atoms with Crippen LogP contribution in [-0.2, 0) is 4.74 Å². The van der Waals surface area contributed by atoms with E-state index in [1.807, 2.05) is 24.1 Å². The van der Waals surface area contributed by atoms with Crippen molar-refractivity contribution in [3.63, 3.8) is 0 Å². The number of aromatic nitrogens is 2. The number of aliphatic hydroxyl groups excluding tert-OH is 1. The second-order valence-electron chi connectivity index (χ2n) is 6.88. The highest BCUT2D eigenvalue weighted by atomic mass is 16.5. The van der Waals surface area contributed by atoms with Gasteiger partial charge >= 0.3 is 0 Å². The molecule has 2 aromatic rings. The van der Waals surface area contributed by atoms with E-state index in [0.717, 1.165) is 29.6 Å². The normalized spacial score (nSPS) is 16.4. The molecule has 1 aromatic heterocycles. The molecule has 4 rings (SSSR count). The number of likely N-dealkylation sites (N-methyl/N-ethyl adjacent to an activating group) is 1. The number of aliphatic imine (C=N–C) groups is 1. The number of imidazole rings is 1. The number of H-pyrrole nitrogens is 1. The van der Waals surface area contributed by atoms with Crippen molar-refractivity contribution in [2.24, 2.45) is 10.7 Å². The van der Waals surface area contributed by atoms with Crippen LogP contribution in [0.4, 0.5) is 5.69 Å². The number of hydrogen-bond acceptors (Lipinski definition) is 6. The minimum absolute atomic E-state index is 0.0354. The zero-order chi connectivity index (χ0) is 19.7. The summed E-state index contributed by atoms with van der Waals surface area (Å²) in [5.41, 5.74) is 10.9. The standard InChI is InChI=1S/C20H23N5O3/c1-25(6-7-26)15-10-14(17-18(24-11-23-17)16(15)19(21)27)12-4-5-22-20-13(9-12)3-2-8-28-20/h4,9-11,26H,2-3,5-8H2,1H3,(H2,21,27)(H,23,24). The van der Waals surface area contributed by atoms with Crippen LogP contribution in [0.1, 0.15) is 28.8 Å². The predicted molar refractivity (Wildman–Crippen MR) is 109 cm³/mol. The first-order valence-electron chi connectivity index (χ1n) is 9.30. The molecule has 28 heavy (non-hydrogen) atoms. The van der Waals surface area contributed by atoms with Gasteiger partial charge in [-0.3, -0.25) is 4.79 Å². The molecule has 8 heteroatoms. The molecule has 2 aliphatic heterocycles. The molecule has 1 saturated heterocycles. The quantitative estimate of drug-likeness (QED) is 0.728. The van der Waals surface area contributed by atoms with E-state index in [0.29, 0.717) is 47.9 Å². The highest BCUT2D eigenvalue weighted by Crippen LogP contribution is 2.35. The Morgan fingerprint density at radius 2 is 2.32 bits per heavy atom. The van der Waals surface area contributed by atoms with E-state index in [1.165, 1.54) is 0 Å². The van der Waals surface area contributed by atoms with Crippen molar-refractivity contribution in [2.75, 3.05) is 38.3 Å². The van der Waals surface area contributed by atoms with Crippen molar-refractivity contribution < 1.29 is 14.6 Å². The smallest absolute Gasteiger partial charge is 0.253 e. The highest BCUT2D eigenvalue weighted by molar-refractivity contribution is 6.12. The number of rotatable bonds is 5. The van der Waals surface area contributed by atoms with Crippen molar-refractivity contribution in [3.8, 4) is 0 Å². The van der Waals surface area contributed by atoms with Crippen LogP contribution in [0.25, 0.3) is 16.6 Å². The van der Waals surface area contributed by atoms with Gasteiger partial charge in [-0.15, -0.1) is 0 Å². The molecular formula is C20H23N5O3. The van der Waals surface area contributed by atoms with Crippen molar-refractivity contribution in [2.45, 2.75) is 12.8 Å². The number of allylic oxidation sites excluding steroid dienone is 2. The summed E-state index contributed by atoms with van der Waals surface area (Å²) in [4.78, 5) is 26.0. The van der Waals surface area contributed by atoms with Gasteiger partial charge in [-0.05, 0) is 30.6 Å². The summed E-state index contributed by atoms with van der Waals surface area (Å²) in [6.07, 6.45) is 7.56. The van der Waals surface area contributed by atoms with Gasteiger partial charge in [-0.2, -0.15) is 0 Å². The summed E-state index contributed by atoms with van der Waals surface area (Å²) in [6, 6.07) is 1.91. The minimum atomic E-state index is -0.542. The first kappa shape index (κ1) is 18.2. The lowest BCUT2D eigenvalue weighted by atomic mass is 9.95. The molecule has 0 spiro atoms. The molecule has 0 atom stereocenters. The number of aromatic amines is 1. The Balaban J connectivity index is 1.90. The van der Waals surface area contributed by atoms with Gasteiger partial charge in [0.25, 0.3) is 5.91 Å². The van der Waals surface area contributed by atoms with Gasteiger partial charge in [0.1, 0.15) is 0 Å². The number of hydrogen-bond donors (Lipinski definition) is 3. The Labute approximate surface area is 162 Å². The van der Waals surface area contributed by atoms with Gasteiger partial charge in [-0.25, -0.2) is 9.98 Å². The fraction of sp³-hybridized carbons (Fsp3) is 0.350. The fourth-order valence-electron chi connectivity index (χ4n) is 3.71. The Morgan fingerprint density at radius 3 is 3.11 bits per heavy atom. The summed E-state index contributed by atoms with van der Waals surface area (Å²) < 4.78 is 5.69. The fourth-order valence-corrected chi connectivity index (χ4v) is 3.71. The van der Waals surface area contributed by atoms with Gasteiger partial charge in [0.2, 0.25) is 5.90 Å². The van der Waals surface area contributed by atoms with Crippen LogP contribution in [0.3, 0.4) is 0 Å². The van der Waals surface area contributed by atoms with E-state index in [-0.39, 0.29) is 6.61 Å². The zero-order valence-electron chi connectivity index (χ0n) is 15.7. The minimum Gasteiger partial charge on any atom is -0.478 e. The maximum atomic E-state index is 12.2. The SMILES string of the molecule is CN(CCO)c1cc(C2=CCN=C3OCCCC3=C2)c2nc[nH]c2c1C(N)=O. The maximum Gasteiger partial charge on any atom is 0.253 e. The number of ether oxygens (including phenoxy) is 1. The molecule has 1 amide bonds. The Hall–Kier alpha value is -3.13. The third-order valence-electron chi connectivity index (χ3n) is 5.07. The van der Waals surface area contributed by atoms with Crippen LogP contribution in [0.2, 0.25) is 0 Å². The summed E-state index contributed by atoms with van der Waals surface area (Å²) in [7, 11) is 1.82. The zero-order valence-corrected chi connectivity index (χ0v) is 15.7. The van der Waals surface area contributed by atoms with Crippen LogP contribution in [0.5, 0.6) is 0 Å². The lowest BCUT2D eigenvalue weighted by Gasteiger charge is -2.22. The molecule has 0 bridgehead atoms. The molecule has 4 N–H and O–H groups in total. The molecule has 146 valence electrons. The molecule has 2 aliphatic rings.